The number of rotatable bonds is 10. The summed E-state index contributed by atoms with van der Waals surface area (Å²) in [6.07, 6.45) is 10.3. The lowest BCUT2D eigenvalue weighted by atomic mass is 9.72. The molecule has 1 aliphatic heterocycles. The Balaban J connectivity index is 1.74. The van der Waals surface area contributed by atoms with Crippen molar-refractivity contribution in [2.24, 2.45) is 0 Å². The van der Waals surface area contributed by atoms with Crippen LogP contribution in [-0.4, -0.2) is 42.9 Å². The number of anilines is 1. The maximum atomic E-state index is 14.0. The minimum atomic E-state index is -0.308. The predicted octanol–water partition coefficient (Wildman–Crippen LogP) is 7.36. The Morgan fingerprint density at radius 2 is 1.61 bits per heavy atom. The quantitative estimate of drug-likeness (QED) is 0.355. The van der Waals surface area contributed by atoms with Crippen LogP contribution in [0.2, 0.25) is 0 Å². The summed E-state index contributed by atoms with van der Waals surface area (Å²) in [6.45, 7) is 13.5. The van der Waals surface area contributed by atoms with Crippen LogP contribution in [0.3, 0.4) is 0 Å². The zero-order valence-corrected chi connectivity index (χ0v) is 21.5. The molecule has 1 heterocycles. The summed E-state index contributed by atoms with van der Waals surface area (Å²) < 4.78 is 0. The topological polar surface area (TPSA) is 23.6 Å². The molecule has 0 amide bonds. The van der Waals surface area contributed by atoms with Gasteiger partial charge in [0.1, 0.15) is 0 Å². The molecule has 0 bridgehead atoms. The van der Waals surface area contributed by atoms with Gasteiger partial charge in [-0.15, -0.1) is 0 Å². The first-order chi connectivity index (χ1) is 16.0. The van der Waals surface area contributed by atoms with Crippen LogP contribution in [0, 0.1) is 0 Å². The highest BCUT2D eigenvalue weighted by Gasteiger charge is 2.46. The zero-order valence-electron chi connectivity index (χ0n) is 21.5. The number of hydrogen-bond acceptors (Lipinski definition) is 3. The Hall–Kier alpha value is -1.87. The fraction of sp³-hybridized carbons (Fsp3) is 0.633. The molecule has 1 aliphatic carbocycles. The van der Waals surface area contributed by atoms with Crippen molar-refractivity contribution in [1.29, 1.82) is 0 Å². The second-order valence-corrected chi connectivity index (χ2v) is 10.7. The van der Waals surface area contributed by atoms with Crippen LogP contribution in [-0.2, 0) is 5.41 Å². The number of hydrogen-bond donors (Lipinski definition) is 0. The van der Waals surface area contributed by atoms with E-state index in [2.05, 4.69) is 67.8 Å². The molecule has 0 saturated carbocycles. The van der Waals surface area contributed by atoms with Gasteiger partial charge in [0.05, 0.1) is 5.41 Å². The number of unbranched alkanes of at least 4 members (excludes halogenated alkanes) is 4. The highest BCUT2D eigenvalue weighted by molar-refractivity contribution is 6.22. The molecule has 0 spiro atoms. The molecule has 0 atom stereocenters. The third kappa shape index (κ3) is 4.58. The summed E-state index contributed by atoms with van der Waals surface area (Å²) in [5, 5.41) is 2.56. The predicted molar refractivity (Wildman–Crippen MR) is 142 cm³/mol. The summed E-state index contributed by atoms with van der Waals surface area (Å²) in [5.74, 6) is 0.398. The molecule has 180 valence electrons. The average Bonchev–Trinajstić information content (AvgIpc) is 2.97. The van der Waals surface area contributed by atoms with E-state index in [-0.39, 0.29) is 5.41 Å². The molecule has 1 saturated heterocycles. The lowest BCUT2D eigenvalue weighted by molar-refractivity contribution is 0.0870. The second-order valence-electron chi connectivity index (χ2n) is 10.7. The van der Waals surface area contributed by atoms with E-state index in [0.717, 1.165) is 50.9 Å². The van der Waals surface area contributed by atoms with Gasteiger partial charge in [0.15, 0.2) is 5.78 Å². The molecule has 33 heavy (non-hydrogen) atoms. The minimum absolute atomic E-state index is 0.308. The summed E-state index contributed by atoms with van der Waals surface area (Å²) in [5.41, 5.74) is 3.33. The fourth-order valence-electron chi connectivity index (χ4n) is 6.30. The molecule has 0 aromatic heterocycles. The molecule has 2 aromatic rings. The largest absolute Gasteiger partial charge is 0.370 e. The van der Waals surface area contributed by atoms with Crippen molar-refractivity contribution >= 4 is 22.2 Å². The third-order valence-electron chi connectivity index (χ3n) is 8.23. The third-order valence-corrected chi connectivity index (χ3v) is 8.23. The van der Waals surface area contributed by atoms with E-state index >= 15 is 0 Å². The lowest BCUT2D eigenvalue weighted by Crippen LogP contribution is -2.35. The first kappa shape index (κ1) is 24.3. The summed E-state index contributed by atoms with van der Waals surface area (Å²) in [4.78, 5) is 19.2. The van der Waals surface area contributed by atoms with Gasteiger partial charge in [-0.05, 0) is 50.1 Å². The maximum absolute atomic E-state index is 14.0. The Kier molecular flexibility index (Phi) is 7.79. The molecule has 1 fully saturated rings. The first-order valence-electron chi connectivity index (χ1n) is 13.6. The van der Waals surface area contributed by atoms with Gasteiger partial charge >= 0.3 is 0 Å². The monoisotopic (exact) mass is 448 g/mol. The Labute approximate surface area is 201 Å². The van der Waals surface area contributed by atoms with Gasteiger partial charge in [-0.25, -0.2) is 0 Å². The highest BCUT2D eigenvalue weighted by atomic mass is 16.1. The van der Waals surface area contributed by atoms with E-state index in [4.69, 9.17) is 0 Å². The van der Waals surface area contributed by atoms with E-state index in [1.54, 1.807) is 0 Å². The van der Waals surface area contributed by atoms with E-state index < -0.39 is 0 Å². The SMILES string of the molecule is CCCCCC1(CCCCC)C(=O)c2cccc3c(N4CCCN(C(C)C)CC4)ccc1c23. The molecule has 2 aromatic carbocycles. The molecule has 4 rings (SSSR count). The van der Waals surface area contributed by atoms with Gasteiger partial charge in [0, 0.05) is 48.9 Å². The van der Waals surface area contributed by atoms with Crippen molar-refractivity contribution in [2.45, 2.75) is 96.9 Å². The number of nitrogens with zero attached hydrogens (tertiary/aromatic N) is 2. The van der Waals surface area contributed by atoms with Crippen molar-refractivity contribution < 1.29 is 4.79 Å². The zero-order chi connectivity index (χ0) is 23.4. The normalized spacial score (nSPS) is 18.5. The summed E-state index contributed by atoms with van der Waals surface area (Å²) >= 11 is 0. The maximum Gasteiger partial charge on any atom is 0.174 e. The van der Waals surface area contributed by atoms with Crippen LogP contribution in [0.5, 0.6) is 0 Å². The summed E-state index contributed by atoms with van der Waals surface area (Å²) in [6, 6.07) is 11.8. The average molecular weight is 449 g/mol. The van der Waals surface area contributed by atoms with Gasteiger partial charge in [0.25, 0.3) is 0 Å². The van der Waals surface area contributed by atoms with Gasteiger partial charge in [0.2, 0.25) is 0 Å². The molecular formula is C30H44N2O. The van der Waals surface area contributed by atoms with Crippen LogP contribution >= 0.6 is 0 Å². The van der Waals surface area contributed by atoms with Crippen molar-refractivity contribution in [3.8, 4) is 0 Å². The molecule has 0 unspecified atom stereocenters. The van der Waals surface area contributed by atoms with Crippen molar-refractivity contribution in [1.82, 2.24) is 4.90 Å². The van der Waals surface area contributed by atoms with Gasteiger partial charge < -0.3 is 4.90 Å². The molecule has 0 radical (unpaired) electrons. The number of benzene rings is 2. The fourth-order valence-corrected chi connectivity index (χ4v) is 6.30. The molecule has 2 aliphatic rings. The van der Waals surface area contributed by atoms with E-state index in [1.807, 2.05) is 0 Å². The Morgan fingerprint density at radius 3 is 2.27 bits per heavy atom. The van der Waals surface area contributed by atoms with Crippen molar-refractivity contribution in [2.75, 3.05) is 31.1 Å². The van der Waals surface area contributed by atoms with Crippen molar-refractivity contribution in [3.05, 3.63) is 41.5 Å². The van der Waals surface area contributed by atoms with Gasteiger partial charge in [-0.2, -0.15) is 0 Å². The molecule has 3 heteroatoms. The Bertz CT molecular complexity index is 953. The smallest absolute Gasteiger partial charge is 0.174 e. The number of ketones is 1. The second kappa shape index (κ2) is 10.6. The summed E-state index contributed by atoms with van der Waals surface area (Å²) in [7, 11) is 0. The number of Topliss-reactive ketones (excluding diaryl/α,β-unsaturated/α-hetero) is 1. The minimum Gasteiger partial charge on any atom is -0.370 e. The van der Waals surface area contributed by atoms with E-state index in [9.17, 15) is 4.79 Å². The van der Waals surface area contributed by atoms with Crippen LogP contribution < -0.4 is 4.90 Å². The van der Waals surface area contributed by atoms with E-state index in [0.29, 0.717) is 11.8 Å². The highest BCUT2D eigenvalue weighted by Crippen LogP contribution is 2.50. The van der Waals surface area contributed by atoms with Crippen LogP contribution in [0.25, 0.3) is 10.8 Å². The number of carbonyl (C=O) groups is 1. The van der Waals surface area contributed by atoms with Gasteiger partial charge in [-0.3, -0.25) is 9.69 Å². The van der Waals surface area contributed by atoms with Crippen LogP contribution in [0.15, 0.2) is 30.3 Å². The Morgan fingerprint density at radius 1 is 0.879 bits per heavy atom. The first-order valence-corrected chi connectivity index (χ1v) is 13.6. The van der Waals surface area contributed by atoms with Crippen LogP contribution in [0.1, 0.15) is 101 Å². The standard InChI is InChI=1S/C30H44N2O/c1-5-7-9-17-30(18-10-8-6-2)26-15-16-27(24-13-11-14-25(28(24)26)29(30)33)32-20-12-19-31(21-22-32)23(3)4/h11,13-16,23H,5-10,12,17-22H2,1-4H3. The van der Waals surface area contributed by atoms with E-state index in [1.165, 1.54) is 60.7 Å². The molecular weight excluding hydrogens is 404 g/mol. The number of carbonyl (C=O) groups excluding carboxylic acids is 1. The molecule has 0 N–H and O–H groups in total. The lowest BCUT2D eigenvalue weighted by Gasteiger charge is -2.31. The van der Waals surface area contributed by atoms with Gasteiger partial charge in [-0.1, -0.05) is 76.6 Å². The van der Waals surface area contributed by atoms with Crippen LogP contribution in [0.4, 0.5) is 5.69 Å². The van der Waals surface area contributed by atoms with Crippen molar-refractivity contribution in [3.63, 3.8) is 0 Å². The molecule has 3 nitrogen and oxygen atoms in total.